The molecule has 17 heavy (non-hydrogen) atoms. The molecule has 88 valence electrons. The van der Waals surface area contributed by atoms with Gasteiger partial charge in [-0.15, -0.1) is 0 Å². The van der Waals surface area contributed by atoms with Crippen LogP contribution in [0.25, 0.3) is 0 Å². The van der Waals surface area contributed by atoms with Crippen molar-refractivity contribution < 1.29 is 0 Å². The van der Waals surface area contributed by atoms with Gasteiger partial charge in [-0.1, -0.05) is 11.6 Å². The topological polar surface area (TPSA) is 60.9 Å². The summed E-state index contributed by atoms with van der Waals surface area (Å²) in [6, 6.07) is 5.17. The van der Waals surface area contributed by atoms with Crippen molar-refractivity contribution in [1.82, 2.24) is 9.55 Å². The standard InChI is InChI=1S/C11H9BrClN3O/c12-9-4-15-6-16(11(9)17)5-7-3-8(13)1-2-10(7)14/h1-4,6H,5,14H2. The lowest BCUT2D eigenvalue weighted by Gasteiger charge is -2.08. The zero-order valence-corrected chi connectivity index (χ0v) is 11.1. The molecule has 0 fully saturated rings. The summed E-state index contributed by atoms with van der Waals surface area (Å²) < 4.78 is 1.88. The van der Waals surface area contributed by atoms with E-state index in [1.54, 1.807) is 18.2 Å². The predicted molar refractivity (Wildman–Crippen MR) is 71.2 cm³/mol. The Labute approximate surface area is 111 Å². The molecular formula is C11H9BrClN3O. The van der Waals surface area contributed by atoms with E-state index in [4.69, 9.17) is 17.3 Å². The van der Waals surface area contributed by atoms with Crippen molar-refractivity contribution in [1.29, 1.82) is 0 Å². The molecule has 0 amide bonds. The van der Waals surface area contributed by atoms with Gasteiger partial charge in [0, 0.05) is 16.9 Å². The highest BCUT2D eigenvalue weighted by atomic mass is 79.9. The number of nitrogens with two attached hydrogens (primary N) is 1. The molecule has 0 aliphatic carbocycles. The molecule has 0 radical (unpaired) electrons. The average molecular weight is 315 g/mol. The van der Waals surface area contributed by atoms with Crippen molar-refractivity contribution in [2.75, 3.05) is 5.73 Å². The lowest BCUT2D eigenvalue weighted by atomic mass is 10.2. The van der Waals surface area contributed by atoms with E-state index in [1.165, 1.54) is 17.1 Å². The van der Waals surface area contributed by atoms with Crippen LogP contribution in [0.5, 0.6) is 0 Å². The number of nitrogens with zero attached hydrogens (tertiary/aromatic N) is 2. The molecule has 4 nitrogen and oxygen atoms in total. The number of halogens is 2. The normalized spacial score (nSPS) is 10.5. The molecule has 2 rings (SSSR count). The van der Waals surface area contributed by atoms with E-state index in [0.29, 0.717) is 21.7 Å². The molecule has 0 saturated carbocycles. The summed E-state index contributed by atoms with van der Waals surface area (Å²) in [5.41, 5.74) is 7.06. The summed E-state index contributed by atoms with van der Waals surface area (Å²) >= 11 is 9.03. The first kappa shape index (κ1) is 12.1. The van der Waals surface area contributed by atoms with E-state index in [2.05, 4.69) is 20.9 Å². The number of aromatic nitrogens is 2. The average Bonchev–Trinajstić information content (AvgIpc) is 2.30. The van der Waals surface area contributed by atoms with Gasteiger partial charge in [0.2, 0.25) is 0 Å². The smallest absolute Gasteiger partial charge is 0.267 e. The molecule has 1 heterocycles. The van der Waals surface area contributed by atoms with Gasteiger partial charge in [-0.05, 0) is 39.7 Å². The Balaban J connectivity index is 2.41. The van der Waals surface area contributed by atoms with Crippen LogP contribution < -0.4 is 11.3 Å². The van der Waals surface area contributed by atoms with Crippen LogP contribution in [0.1, 0.15) is 5.56 Å². The van der Waals surface area contributed by atoms with Gasteiger partial charge in [0.15, 0.2) is 0 Å². The fourth-order valence-electron chi connectivity index (χ4n) is 1.43. The van der Waals surface area contributed by atoms with Crippen LogP contribution in [-0.2, 0) is 6.54 Å². The first-order chi connectivity index (χ1) is 8.08. The highest BCUT2D eigenvalue weighted by molar-refractivity contribution is 9.10. The van der Waals surface area contributed by atoms with Crippen LogP contribution in [-0.4, -0.2) is 9.55 Å². The highest BCUT2D eigenvalue weighted by Crippen LogP contribution is 2.18. The van der Waals surface area contributed by atoms with Gasteiger partial charge < -0.3 is 5.73 Å². The molecule has 0 spiro atoms. The first-order valence-electron chi connectivity index (χ1n) is 4.82. The lowest BCUT2D eigenvalue weighted by Crippen LogP contribution is -2.21. The van der Waals surface area contributed by atoms with Gasteiger partial charge in [0.25, 0.3) is 5.56 Å². The minimum absolute atomic E-state index is 0.153. The van der Waals surface area contributed by atoms with E-state index in [9.17, 15) is 4.79 Å². The molecule has 0 aliphatic heterocycles. The molecular weight excluding hydrogens is 305 g/mol. The summed E-state index contributed by atoms with van der Waals surface area (Å²) in [4.78, 5) is 15.7. The molecule has 0 saturated heterocycles. The van der Waals surface area contributed by atoms with Gasteiger partial charge in [0.1, 0.15) is 4.47 Å². The Hall–Kier alpha value is -1.33. The third-order valence-electron chi connectivity index (χ3n) is 2.30. The van der Waals surface area contributed by atoms with Gasteiger partial charge in [-0.3, -0.25) is 9.36 Å². The zero-order valence-electron chi connectivity index (χ0n) is 8.73. The van der Waals surface area contributed by atoms with Gasteiger partial charge >= 0.3 is 0 Å². The maximum atomic E-state index is 11.8. The summed E-state index contributed by atoms with van der Waals surface area (Å²) in [5, 5.41) is 0.588. The van der Waals surface area contributed by atoms with Crippen molar-refractivity contribution in [3.8, 4) is 0 Å². The van der Waals surface area contributed by atoms with Crippen molar-refractivity contribution in [2.45, 2.75) is 6.54 Å². The molecule has 2 aromatic rings. The van der Waals surface area contributed by atoms with Crippen LogP contribution in [0.3, 0.4) is 0 Å². The number of hydrogen-bond donors (Lipinski definition) is 1. The second-order valence-electron chi connectivity index (χ2n) is 3.52. The molecule has 0 unspecified atom stereocenters. The maximum Gasteiger partial charge on any atom is 0.267 e. The number of rotatable bonds is 2. The molecule has 0 bridgehead atoms. The molecule has 0 atom stereocenters. The van der Waals surface area contributed by atoms with Crippen LogP contribution in [0.2, 0.25) is 5.02 Å². The summed E-state index contributed by atoms with van der Waals surface area (Å²) in [7, 11) is 0. The molecule has 0 aliphatic rings. The van der Waals surface area contributed by atoms with Crippen molar-refractivity contribution in [3.05, 3.63) is 56.1 Å². The Morgan fingerprint density at radius 2 is 2.24 bits per heavy atom. The maximum absolute atomic E-state index is 11.8. The zero-order chi connectivity index (χ0) is 12.4. The largest absolute Gasteiger partial charge is 0.398 e. The van der Waals surface area contributed by atoms with E-state index in [1.807, 2.05) is 0 Å². The molecule has 1 aromatic carbocycles. The summed E-state index contributed by atoms with van der Waals surface area (Å²) in [6.07, 6.45) is 2.92. The number of anilines is 1. The van der Waals surface area contributed by atoms with Gasteiger partial charge in [-0.25, -0.2) is 4.98 Å². The fourth-order valence-corrected chi connectivity index (χ4v) is 1.97. The van der Waals surface area contributed by atoms with Crippen LogP contribution in [0.4, 0.5) is 5.69 Å². The van der Waals surface area contributed by atoms with Crippen LogP contribution in [0, 0.1) is 0 Å². The van der Waals surface area contributed by atoms with Crippen molar-refractivity contribution >= 4 is 33.2 Å². The number of benzene rings is 1. The summed E-state index contributed by atoms with van der Waals surface area (Å²) in [5.74, 6) is 0. The SMILES string of the molecule is Nc1ccc(Cl)cc1Cn1cncc(Br)c1=O. The minimum atomic E-state index is -0.153. The number of nitrogen functional groups attached to an aromatic ring is 1. The second kappa shape index (κ2) is 4.89. The van der Waals surface area contributed by atoms with E-state index >= 15 is 0 Å². The van der Waals surface area contributed by atoms with Crippen molar-refractivity contribution in [2.24, 2.45) is 0 Å². The quantitative estimate of drug-likeness (QED) is 0.865. The monoisotopic (exact) mass is 313 g/mol. The third kappa shape index (κ3) is 2.68. The van der Waals surface area contributed by atoms with Crippen LogP contribution >= 0.6 is 27.5 Å². The second-order valence-corrected chi connectivity index (χ2v) is 4.81. The van der Waals surface area contributed by atoms with Gasteiger partial charge in [0.05, 0.1) is 12.9 Å². The number of hydrogen-bond acceptors (Lipinski definition) is 3. The Morgan fingerprint density at radius 1 is 1.47 bits per heavy atom. The van der Waals surface area contributed by atoms with Gasteiger partial charge in [-0.2, -0.15) is 0 Å². The Bertz CT molecular complexity index is 612. The van der Waals surface area contributed by atoms with E-state index < -0.39 is 0 Å². The minimum Gasteiger partial charge on any atom is -0.398 e. The van der Waals surface area contributed by atoms with Crippen LogP contribution in [0.15, 0.2) is 40.0 Å². The molecule has 1 aromatic heterocycles. The fraction of sp³-hybridized carbons (Fsp3) is 0.0909. The molecule has 6 heteroatoms. The molecule has 2 N–H and O–H groups in total. The van der Waals surface area contributed by atoms with E-state index in [-0.39, 0.29) is 5.56 Å². The first-order valence-corrected chi connectivity index (χ1v) is 5.99. The highest BCUT2D eigenvalue weighted by Gasteiger charge is 2.05. The third-order valence-corrected chi connectivity index (χ3v) is 3.08. The Morgan fingerprint density at radius 3 is 3.00 bits per heavy atom. The van der Waals surface area contributed by atoms with Crippen molar-refractivity contribution in [3.63, 3.8) is 0 Å². The predicted octanol–water partition coefficient (Wildman–Crippen LogP) is 2.29. The Kier molecular flexibility index (Phi) is 3.49. The summed E-state index contributed by atoms with van der Waals surface area (Å²) in [6.45, 7) is 0.345. The lowest BCUT2D eigenvalue weighted by molar-refractivity contribution is 0.732. The van der Waals surface area contributed by atoms with E-state index in [0.717, 1.165) is 5.56 Å².